The van der Waals surface area contributed by atoms with Crippen molar-refractivity contribution in [3.63, 3.8) is 0 Å². The molecular weight excluding hydrogens is 260 g/mol. The van der Waals surface area contributed by atoms with Gasteiger partial charge < -0.3 is 4.74 Å². The van der Waals surface area contributed by atoms with E-state index in [2.05, 4.69) is 26.2 Å². The summed E-state index contributed by atoms with van der Waals surface area (Å²) < 4.78 is 5.83. The van der Waals surface area contributed by atoms with Crippen LogP contribution in [0.4, 0.5) is 10.6 Å². The summed E-state index contributed by atoms with van der Waals surface area (Å²) in [5.74, 6) is 0.487. The van der Waals surface area contributed by atoms with Gasteiger partial charge in [-0.3, -0.25) is 5.32 Å². The van der Waals surface area contributed by atoms with Crippen LogP contribution in [0.1, 0.15) is 19.5 Å². The van der Waals surface area contributed by atoms with E-state index in [4.69, 9.17) is 4.74 Å². The number of anilines is 1. The maximum Gasteiger partial charge on any atom is 0.413 e. The van der Waals surface area contributed by atoms with Crippen molar-refractivity contribution in [1.29, 1.82) is 0 Å². The molecule has 1 rings (SSSR count). The number of carbonyl (C=O) groups is 1. The number of amides is 1. The van der Waals surface area contributed by atoms with Crippen LogP contribution in [0.2, 0.25) is 0 Å². The Hall–Kier alpha value is -1.10. The predicted molar refractivity (Wildman–Crippen MR) is 61.9 cm³/mol. The third kappa shape index (κ3) is 3.87. The lowest BCUT2D eigenvalue weighted by molar-refractivity contribution is 0.130. The average Bonchev–Trinajstić information content (AvgIpc) is 2.10. The first-order valence-corrected chi connectivity index (χ1v) is 5.39. The van der Waals surface area contributed by atoms with Crippen molar-refractivity contribution in [3.8, 4) is 0 Å². The van der Waals surface area contributed by atoms with Crippen molar-refractivity contribution in [2.45, 2.75) is 26.9 Å². The highest BCUT2D eigenvalue weighted by atomic mass is 79.9. The quantitative estimate of drug-likeness (QED) is 0.900. The summed E-state index contributed by atoms with van der Waals surface area (Å²) in [6.07, 6.45) is -0.624. The van der Waals surface area contributed by atoms with Gasteiger partial charge in [0.05, 0.1) is 11.8 Å². The Kier molecular flexibility index (Phi) is 4.08. The molecule has 82 valence electrons. The third-order valence-electron chi connectivity index (χ3n) is 1.59. The summed E-state index contributed by atoms with van der Waals surface area (Å²) in [5, 5.41) is 2.55. The van der Waals surface area contributed by atoms with E-state index in [1.165, 1.54) is 0 Å². The molecule has 1 aromatic heterocycles. The van der Waals surface area contributed by atoms with E-state index in [9.17, 15) is 4.79 Å². The number of aryl methyl sites for hydroxylation is 1. The van der Waals surface area contributed by atoms with Crippen LogP contribution in [0.15, 0.2) is 16.6 Å². The van der Waals surface area contributed by atoms with E-state index in [0.717, 1.165) is 10.2 Å². The van der Waals surface area contributed by atoms with E-state index < -0.39 is 6.09 Å². The van der Waals surface area contributed by atoms with Gasteiger partial charge in [-0.1, -0.05) is 0 Å². The van der Waals surface area contributed by atoms with Crippen LogP contribution < -0.4 is 5.32 Å². The summed E-state index contributed by atoms with van der Waals surface area (Å²) in [6.45, 7) is 5.43. The van der Waals surface area contributed by atoms with Crippen LogP contribution in [-0.2, 0) is 4.74 Å². The average molecular weight is 273 g/mol. The smallest absolute Gasteiger partial charge is 0.413 e. The second kappa shape index (κ2) is 5.11. The Balaban J connectivity index is 2.65. The summed E-state index contributed by atoms with van der Waals surface area (Å²) in [6, 6.07) is 3.53. The van der Waals surface area contributed by atoms with Crippen LogP contribution >= 0.6 is 15.9 Å². The Morgan fingerprint density at radius 1 is 1.53 bits per heavy atom. The molecule has 1 heterocycles. The molecule has 0 saturated heterocycles. The largest absolute Gasteiger partial charge is 0.447 e. The molecule has 1 amide bonds. The first kappa shape index (κ1) is 12.0. The van der Waals surface area contributed by atoms with E-state index in [0.29, 0.717) is 5.82 Å². The van der Waals surface area contributed by atoms with Gasteiger partial charge >= 0.3 is 6.09 Å². The van der Waals surface area contributed by atoms with Crippen LogP contribution in [0.3, 0.4) is 0 Å². The number of hydrogen-bond acceptors (Lipinski definition) is 3. The lowest BCUT2D eigenvalue weighted by Gasteiger charge is -2.09. The Morgan fingerprint density at radius 2 is 2.20 bits per heavy atom. The van der Waals surface area contributed by atoms with Crippen LogP contribution in [-0.4, -0.2) is 17.2 Å². The fraction of sp³-hybridized carbons (Fsp3) is 0.400. The first-order valence-electron chi connectivity index (χ1n) is 4.60. The van der Waals surface area contributed by atoms with Gasteiger partial charge in [-0.2, -0.15) is 0 Å². The number of hydrogen-bond donors (Lipinski definition) is 1. The molecule has 0 spiro atoms. The zero-order valence-corrected chi connectivity index (χ0v) is 10.5. The van der Waals surface area contributed by atoms with Crippen molar-refractivity contribution in [3.05, 3.63) is 22.3 Å². The minimum atomic E-state index is -0.487. The SMILES string of the molecule is Cc1nc(NC(=O)OC(C)C)ccc1Br. The van der Waals surface area contributed by atoms with E-state index in [-0.39, 0.29) is 6.10 Å². The van der Waals surface area contributed by atoms with Gasteiger partial charge in [0.15, 0.2) is 0 Å². The molecular formula is C10H13BrN2O2. The zero-order valence-electron chi connectivity index (χ0n) is 8.87. The second-order valence-electron chi connectivity index (χ2n) is 3.34. The van der Waals surface area contributed by atoms with Gasteiger partial charge in [0, 0.05) is 4.47 Å². The van der Waals surface area contributed by atoms with Crippen molar-refractivity contribution in [2.75, 3.05) is 5.32 Å². The summed E-state index contributed by atoms with van der Waals surface area (Å²) in [4.78, 5) is 15.4. The number of nitrogens with one attached hydrogen (secondary N) is 1. The highest BCUT2D eigenvalue weighted by molar-refractivity contribution is 9.10. The molecule has 0 atom stereocenters. The van der Waals surface area contributed by atoms with Gasteiger partial charge in [-0.05, 0) is 48.8 Å². The van der Waals surface area contributed by atoms with Gasteiger partial charge in [-0.15, -0.1) is 0 Å². The van der Waals surface area contributed by atoms with Crippen molar-refractivity contribution in [2.24, 2.45) is 0 Å². The van der Waals surface area contributed by atoms with E-state index in [1.54, 1.807) is 19.9 Å². The van der Waals surface area contributed by atoms with Crippen LogP contribution in [0.25, 0.3) is 0 Å². The van der Waals surface area contributed by atoms with Gasteiger partial charge in [0.2, 0.25) is 0 Å². The van der Waals surface area contributed by atoms with Crippen molar-refractivity contribution < 1.29 is 9.53 Å². The molecule has 0 radical (unpaired) electrons. The fourth-order valence-electron chi connectivity index (χ4n) is 0.962. The Bertz CT molecular complexity index is 366. The molecule has 15 heavy (non-hydrogen) atoms. The maximum absolute atomic E-state index is 11.2. The number of carbonyl (C=O) groups excluding carboxylic acids is 1. The highest BCUT2D eigenvalue weighted by Gasteiger charge is 2.06. The van der Waals surface area contributed by atoms with Gasteiger partial charge in [0.25, 0.3) is 0 Å². The van der Waals surface area contributed by atoms with Gasteiger partial charge in [0.1, 0.15) is 5.82 Å². The first-order chi connectivity index (χ1) is 6.99. The summed E-state index contributed by atoms with van der Waals surface area (Å²) in [7, 11) is 0. The molecule has 4 nitrogen and oxygen atoms in total. The predicted octanol–water partition coefficient (Wildman–Crippen LogP) is 3.11. The molecule has 0 fully saturated rings. The minimum Gasteiger partial charge on any atom is -0.447 e. The lowest BCUT2D eigenvalue weighted by atomic mass is 10.4. The van der Waals surface area contributed by atoms with Crippen molar-refractivity contribution in [1.82, 2.24) is 4.98 Å². The number of aromatic nitrogens is 1. The Morgan fingerprint density at radius 3 is 2.73 bits per heavy atom. The maximum atomic E-state index is 11.2. The van der Waals surface area contributed by atoms with Crippen molar-refractivity contribution >= 4 is 27.8 Å². The molecule has 0 aliphatic heterocycles. The molecule has 0 unspecified atom stereocenters. The lowest BCUT2D eigenvalue weighted by Crippen LogP contribution is -2.18. The molecule has 5 heteroatoms. The topological polar surface area (TPSA) is 51.2 Å². The van der Waals surface area contributed by atoms with Crippen LogP contribution in [0, 0.1) is 6.92 Å². The molecule has 0 aromatic carbocycles. The molecule has 1 aromatic rings. The molecule has 0 bridgehead atoms. The third-order valence-corrected chi connectivity index (χ3v) is 2.43. The standard InChI is InChI=1S/C10H13BrN2O2/c1-6(2)15-10(14)13-9-5-4-8(11)7(3)12-9/h4-6H,1-3H3,(H,12,13,14). The molecule has 0 aliphatic rings. The summed E-state index contributed by atoms with van der Waals surface area (Å²) in [5.41, 5.74) is 0.817. The second-order valence-corrected chi connectivity index (χ2v) is 4.20. The summed E-state index contributed by atoms with van der Waals surface area (Å²) >= 11 is 3.33. The monoisotopic (exact) mass is 272 g/mol. The number of halogens is 1. The normalized spacial score (nSPS) is 10.2. The molecule has 1 N–H and O–H groups in total. The Labute approximate surface area is 97.2 Å². The van der Waals surface area contributed by atoms with Crippen LogP contribution in [0.5, 0.6) is 0 Å². The molecule has 0 saturated carbocycles. The zero-order chi connectivity index (χ0) is 11.4. The highest BCUT2D eigenvalue weighted by Crippen LogP contribution is 2.16. The number of nitrogens with zero attached hydrogens (tertiary/aromatic N) is 1. The molecule has 0 aliphatic carbocycles. The number of rotatable bonds is 2. The minimum absolute atomic E-state index is 0.137. The number of ether oxygens (including phenoxy) is 1. The van der Waals surface area contributed by atoms with E-state index >= 15 is 0 Å². The van der Waals surface area contributed by atoms with E-state index in [1.807, 2.05) is 13.0 Å². The number of pyridine rings is 1. The fourth-order valence-corrected chi connectivity index (χ4v) is 1.18. The van der Waals surface area contributed by atoms with Gasteiger partial charge in [-0.25, -0.2) is 9.78 Å².